The summed E-state index contributed by atoms with van der Waals surface area (Å²) in [6.07, 6.45) is -2.07. The predicted octanol–water partition coefficient (Wildman–Crippen LogP) is 5.43. The number of benzene rings is 2. The highest BCUT2D eigenvalue weighted by Crippen LogP contribution is 2.37. The largest absolute Gasteiger partial charge is 0.493 e. The van der Waals surface area contributed by atoms with Crippen LogP contribution in [0.5, 0.6) is 17.2 Å². The summed E-state index contributed by atoms with van der Waals surface area (Å²) in [5.41, 5.74) is 0.360. The first-order valence-electron chi connectivity index (χ1n) is 9.15. The van der Waals surface area contributed by atoms with Gasteiger partial charge in [-0.05, 0) is 42.0 Å². The van der Waals surface area contributed by atoms with Crippen LogP contribution in [0.2, 0.25) is 5.02 Å². The van der Waals surface area contributed by atoms with Gasteiger partial charge in [0.05, 0.1) is 24.4 Å². The van der Waals surface area contributed by atoms with Crippen molar-refractivity contribution in [3.63, 3.8) is 0 Å². The molecule has 6 nitrogen and oxygen atoms in total. The van der Waals surface area contributed by atoms with Gasteiger partial charge in [0, 0.05) is 12.4 Å². The number of aromatic nitrogens is 1. The van der Waals surface area contributed by atoms with E-state index in [1.165, 1.54) is 37.7 Å². The van der Waals surface area contributed by atoms with Crippen molar-refractivity contribution in [1.29, 1.82) is 0 Å². The maximum atomic E-state index is 12.9. The zero-order valence-electron chi connectivity index (χ0n) is 16.7. The number of sulfonamides is 1. The van der Waals surface area contributed by atoms with E-state index in [1.54, 1.807) is 36.4 Å². The van der Waals surface area contributed by atoms with Crippen molar-refractivity contribution in [3.05, 3.63) is 77.6 Å². The summed E-state index contributed by atoms with van der Waals surface area (Å²) < 4.78 is 75.7. The van der Waals surface area contributed by atoms with E-state index in [1.807, 2.05) is 0 Å². The van der Waals surface area contributed by atoms with Crippen LogP contribution in [0.15, 0.2) is 67.0 Å². The smallest absolute Gasteiger partial charge is 0.404 e. The van der Waals surface area contributed by atoms with Gasteiger partial charge in [0.15, 0.2) is 17.3 Å². The van der Waals surface area contributed by atoms with Gasteiger partial charge in [-0.2, -0.15) is 13.2 Å². The van der Waals surface area contributed by atoms with E-state index in [9.17, 15) is 21.6 Å². The Morgan fingerprint density at radius 3 is 2.34 bits per heavy atom. The van der Waals surface area contributed by atoms with Crippen molar-refractivity contribution in [1.82, 2.24) is 4.98 Å². The lowest BCUT2D eigenvalue weighted by molar-refractivity contribution is -0.106. The molecule has 2 aromatic carbocycles. The molecule has 170 valence electrons. The van der Waals surface area contributed by atoms with E-state index >= 15 is 0 Å². The van der Waals surface area contributed by atoms with E-state index < -0.39 is 22.0 Å². The van der Waals surface area contributed by atoms with E-state index in [0.717, 1.165) is 0 Å². The third-order valence-electron chi connectivity index (χ3n) is 4.22. The highest BCUT2D eigenvalue weighted by atomic mass is 35.5. The molecule has 0 aliphatic carbocycles. The van der Waals surface area contributed by atoms with Crippen molar-refractivity contribution in [2.75, 3.05) is 17.2 Å². The molecule has 3 aromatic rings. The normalized spacial score (nSPS) is 11.8. The molecule has 0 aliphatic rings. The highest BCUT2D eigenvalue weighted by molar-refractivity contribution is 7.92. The number of hydrogen-bond acceptors (Lipinski definition) is 5. The Morgan fingerprint density at radius 2 is 1.75 bits per heavy atom. The lowest BCUT2D eigenvalue weighted by atomic mass is 10.2. The zero-order chi connectivity index (χ0) is 23.4. The molecule has 1 aromatic heterocycles. The number of pyridine rings is 1. The molecular weight excluding hydrogens is 469 g/mol. The third kappa shape index (κ3) is 6.04. The minimum absolute atomic E-state index is 0.00630. The number of para-hydroxylation sites is 2. The lowest BCUT2D eigenvalue weighted by Gasteiger charge is -2.25. The molecule has 0 radical (unpaired) electrons. The number of halogens is 4. The van der Waals surface area contributed by atoms with Gasteiger partial charge in [-0.1, -0.05) is 29.8 Å². The van der Waals surface area contributed by atoms with Crippen LogP contribution in [0.4, 0.5) is 18.9 Å². The maximum Gasteiger partial charge on any atom is 0.404 e. The van der Waals surface area contributed by atoms with Crippen molar-refractivity contribution in [2.24, 2.45) is 0 Å². The Morgan fingerprint density at radius 1 is 1.03 bits per heavy atom. The Bertz CT molecular complexity index is 1180. The summed E-state index contributed by atoms with van der Waals surface area (Å²) in [5.74, 6) is -1.04. The molecule has 0 saturated heterocycles. The van der Waals surface area contributed by atoms with Gasteiger partial charge >= 0.3 is 6.18 Å². The minimum atomic E-state index is -4.91. The van der Waals surface area contributed by atoms with Crippen LogP contribution in [-0.2, 0) is 16.6 Å². The molecular formula is C21H18ClF3N2O4S. The lowest BCUT2D eigenvalue weighted by Crippen LogP contribution is -2.37. The summed E-state index contributed by atoms with van der Waals surface area (Å²) in [5, 5.41) is 0.00630. The molecule has 0 aliphatic heterocycles. The standard InChI is InChI=1S/C21H18ClF3N2O4S/c1-30-19-6-2-3-7-20(19)31-18-9-8-16(11-17(18)22)27(13-15-5-4-10-26-12-15)32(28,29)14-21(23,24)25/h2-12H,13-14H2,1H3. The summed E-state index contributed by atoms with van der Waals surface area (Å²) >= 11 is 6.28. The van der Waals surface area contributed by atoms with Crippen LogP contribution < -0.4 is 13.8 Å². The number of ether oxygens (including phenoxy) is 2. The van der Waals surface area contributed by atoms with Gasteiger partial charge in [0.25, 0.3) is 0 Å². The maximum absolute atomic E-state index is 12.9. The van der Waals surface area contributed by atoms with E-state index in [2.05, 4.69) is 4.98 Å². The molecule has 32 heavy (non-hydrogen) atoms. The first kappa shape index (κ1) is 23.7. The fourth-order valence-corrected chi connectivity index (χ4v) is 4.41. The fourth-order valence-electron chi connectivity index (χ4n) is 2.84. The van der Waals surface area contributed by atoms with Gasteiger partial charge in [-0.25, -0.2) is 8.42 Å². The fraction of sp³-hybridized carbons (Fsp3) is 0.190. The second-order valence-electron chi connectivity index (χ2n) is 6.61. The molecule has 0 fully saturated rings. The van der Waals surface area contributed by atoms with Gasteiger partial charge in [-0.3, -0.25) is 9.29 Å². The molecule has 0 amide bonds. The number of anilines is 1. The van der Waals surface area contributed by atoms with Crippen LogP contribution >= 0.6 is 11.6 Å². The average molecular weight is 487 g/mol. The van der Waals surface area contributed by atoms with Crippen LogP contribution in [0.3, 0.4) is 0 Å². The quantitative estimate of drug-likeness (QED) is 0.424. The average Bonchev–Trinajstić information content (AvgIpc) is 2.73. The van der Waals surface area contributed by atoms with Crippen LogP contribution in [0.25, 0.3) is 0 Å². The molecule has 0 saturated carbocycles. The monoisotopic (exact) mass is 486 g/mol. The van der Waals surface area contributed by atoms with Crippen LogP contribution in [0.1, 0.15) is 5.56 Å². The molecule has 0 atom stereocenters. The number of alkyl halides is 3. The Kier molecular flexibility index (Phi) is 7.15. The Labute approximate surface area is 188 Å². The van der Waals surface area contributed by atoms with E-state index in [-0.39, 0.29) is 23.0 Å². The number of rotatable bonds is 8. The van der Waals surface area contributed by atoms with Crippen molar-refractivity contribution >= 4 is 27.3 Å². The molecule has 1 heterocycles. The summed E-state index contributed by atoms with van der Waals surface area (Å²) in [4.78, 5) is 3.88. The van der Waals surface area contributed by atoms with Crippen LogP contribution in [-0.4, -0.2) is 32.4 Å². The molecule has 11 heteroatoms. The molecule has 0 unspecified atom stereocenters. The first-order valence-corrected chi connectivity index (χ1v) is 11.1. The number of nitrogens with zero attached hydrogens (tertiary/aromatic N) is 2. The van der Waals surface area contributed by atoms with E-state index in [4.69, 9.17) is 21.1 Å². The second kappa shape index (κ2) is 9.66. The van der Waals surface area contributed by atoms with Crippen molar-refractivity contribution in [2.45, 2.75) is 12.7 Å². The highest BCUT2D eigenvalue weighted by Gasteiger charge is 2.38. The first-order chi connectivity index (χ1) is 15.1. The molecule has 0 spiro atoms. The minimum Gasteiger partial charge on any atom is -0.493 e. The third-order valence-corrected chi connectivity index (χ3v) is 6.22. The molecule has 0 bridgehead atoms. The summed E-state index contributed by atoms with van der Waals surface area (Å²) in [7, 11) is -3.30. The Balaban J connectivity index is 1.96. The SMILES string of the molecule is COc1ccccc1Oc1ccc(N(Cc2cccnc2)S(=O)(=O)CC(F)(F)F)cc1Cl. The zero-order valence-corrected chi connectivity index (χ0v) is 18.3. The number of methoxy groups -OCH3 is 1. The molecule has 0 N–H and O–H groups in total. The summed E-state index contributed by atoms with van der Waals surface area (Å²) in [6, 6.07) is 13.8. The second-order valence-corrected chi connectivity index (χ2v) is 8.91. The van der Waals surface area contributed by atoms with Gasteiger partial charge in [-0.15, -0.1) is 0 Å². The van der Waals surface area contributed by atoms with Gasteiger partial charge in [0.2, 0.25) is 10.0 Å². The van der Waals surface area contributed by atoms with Gasteiger partial charge < -0.3 is 9.47 Å². The molecule has 3 rings (SSSR count). The summed E-state index contributed by atoms with van der Waals surface area (Å²) in [6.45, 7) is -0.352. The Hall–Kier alpha value is -2.98. The van der Waals surface area contributed by atoms with E-state index in [0.29, 0.717) is 21.4 Å². The van der Waals surface area contributed by atoms with Crippen molar-refractivity contribution < 1.29 is 31.1 Å². The number of hydrogen-bond donors (Lipinski definition) is 0. The topological polar surface area (TPSA) is 68.7 Å². The van der Waals surface area contributed by atoms with Crippen molar-refractivity contribution in [3.8, 4) is 17.2 Å². The van der Waals surface area contributed by atoms with Crippen LogP contribution in [0, 0.1) is 0 Å². The predicted molar refractivity (Wildman–Crippen MR) is 115 cm³/mol. The van der Waals surface area contributed by atoms with Gasteiger partial charge in [0.1, 0.15) is 5.75 Å².